The van der Waals surface area contributed by atoms with E-state index in [2.05, 4.69) is 21.2 Å². The van der Waals surface area contributed by atoms with Crippen LogP contribution in [0.4, 0.5) is 0 Å². The van der Waals surface area contributed by atoms with Crippen LogP contribution in [0.1, 0.15) is 24.8 Å². The number of aryl methyl sites for hydroxylation is 1. The second-order valence-corrected chi connectivity index (χ2v) is 15.3. The zero-order valence-electron chi connectivity index (χ0n) is 22.3. The average molecular weight is 647 g/mol. The molecule has 2 aliphatic rings. The van der Waals surface area contributed by atoms with E-state index in [4.69, 9.17) is 9.47 Å². The molecule has 2 aromatic carbocycles. The van der Waals surface area contributed by atoms with E-state index < -0.39 is 26.2 Å². The summed E-state index contributed by atoms with van der Waals surface area (Å²) in [4.78, 5) is 0.421. The number of rotatable bonds is 10. The molecule has 13 heteroatoms. The first-order valence-electron chi connectivity index (χ1n) is 12.8. The quantitative estimate of drug-likeness (QED) is 0.403. The predicted molar refractivity (Wildman–Crippen MR) is 151 cm³/mol. The topological polar surface area (TPSA) is 125 Å². The Morgan fingerprint density at radius 2 is 1.87 bits per heavy atom. The van der Waals surface area contributed by atoms with Crippen LogP contribution in [0.2, 0.25) is 0 Å². The zero-order chi connectivity index (χ0) is 28.4. The molecular weight excluding hydrogens is 610 g/mol. The minimum atomic E-state index is -3.58. The van der Waals surface area contributed by atoms with Gasteiger partial charge in [-0.05, 0) is 62.1 Å². The van der Waals surface area contributed by atoms with Crippen LogP contribution in [0.25, 0.3) is 0 Å². The Balaban J connectivity index is 1.24. The molecule has 10 nitrogen and oxygen atoms in total. The van der Waals surface area contributed by atoms with Crippen LogP contribution in [0.15, 0.2) is 56.7 Å². The van der Waals surface area contributed by atoms with Crippen molar-refractivity contribution >= 4 is 36.0 Å². The van der Waals surface area contributed by atoms with Gasteiger partial charge in [-0.2, -0.15) is 4.31 Å². The number of hydrogen-bond donors (Lipinski definition) is 2. The molecule has 2 fully saturated rings. The number of nitrogens with one attached hydrogen (secondary N) is 1. The lowest BCUT2D eigenvalue weighted by Crippen LogP contribution is -2.47. The van der Waals surface area contributed by atoms with E-state index in [0.717, 1.165) is 20.8 Å². The number of piperidine rings is 1. The largest absolute Gasteiger partial charge is 0.491 e. The van der Waals surface area contributed by atoms with E-state index in [1.54, 1.807) is 30.3 Å². The molecule has 2 aliphatic heterocycles. The highest BCUT2D eigenvalue weighted by molar-refractivity contribution is 9.10. The number of hydrogen-bond acceptors (Lipinski definition) is 8. The molecule has 2 heterocycles. The van der Waals surface area contributed by atoms with Crippen molar-refractivity contribution in [3.8, 4) is 5.75 Å². The Hall–Kier alpha value is -1.58. The SMILES string of the molecule is Cc1cc(S(=O)(=O)N2CCC3(CC2)CC(NCC(O)COc2cccc(S(=O)(=O)N(C)C)c2)CO3)ccc1Br. The van der Waals surface area contributed by atoms with E-state index in [0.29, 0.717) is 43.2 Å². The summed E-state index contributed by atoms with van der Waals surface area (Å²) in [5, 5.41) is 13.8. The number of sulfonamides is 2. The second-order valence-electron chi connectivity index (χ2n) is 10.3. The molecular formula is C26H36BrN3O7S2. The number of aliphatic hydroxyl groups is 1. The number of aliphatic hydroxyl groups excluding tert-OH is 1. The van der Waals surface area contributed by atoms with Crippen LogP contribution in [-0.2, 0) is 24.8 Å². The fourth-order valence-electron chi connectivity index (χ4n) is 4.87. The van der Waals surface area contributed by atoms with Crippen LogP contribution >= 0.6 is 15.9 Å². The lowest BCUT2D eigenvalue weighted by atomic mass is 9.88. The first kappa shape index (κ1) is 30.4. The number of benzene rings is 2. The summed E-state index contributed by atoms with van der Waals surface area (Å²) in [6.07, 6.45) is 1.14. The first-order chi connectivity index (χ1) is 18.3. The fraction of sp³-hybridized carbons (Fsp3) is 0.538. The van der Waals surface area contributed by atoms with Gasteiger partial charge in [0.25, 0.3) is 0 Å². The highest BCUT2D eigenvalue weighted by atomic mass is 79.9. The van der Waals surface area contributed by atoms with Crippen LogP contribution in [0.5, 0.6) is 5.75 Å². The van der Waals surface area contributed by atoms with Gasteiger partial charge in [-0.15, -0.1) is 0 Å². The van der Waals surface area contributed by atoms with Crippen LogP contribution in [-0.4, -0.2) is 95.2 Å². The first-order valence-corrected chi connectivity index (χ1v) is 16.5. The monoisotopic (exact) mass is 645 g/mol. The predicted octanol–water partition coefficient (Wildman–Crippen LogP) is 2.35. The van der Waals surface area contributed by atoms with Gasteiger partial charge in [0.05, 0.1) is 22.0 Å². The highest BCUT2D eigenvalue weighted by Gasteiger charge is 2.44. The molecule has 1 spiro atoms. The lowest BCUT2D eigenvalue weighted by molar-refractivity contribution is -0.0312. The molecule has 39 heavy (non-hydrogen) atoms. The van der Waals surface area contributed by atoms with E-state index >= 15 is 0 Å². The van der Waals surface area contributed by atoms with Gasteiger partial charge in [0.15, 0.2) is 0 Å². The smallest absolute Gasteiger partial charge is 0.243 e. The van der Waals surface area contributed by atoms with Gasteiger partial charge in [-0.1, -0.05) is 22.0 Å². The highest BCUT2D eigenvalue weighted by Crippen LogP contribution is 2.37. The summed E-state index contributed by atoms with van der Waals surface area (Å²) in [5.41, 5.74) is 0.495. The van der Waals surface area contributed by atoms with Crippen molar-refractivity contribution < 1.29 is 31.4 Å². The molecule has 2 saturated heterocycles. The minimum absolute atomic E-state index is 0.000460. The van der Waals surface area contributed by atoms with Gasteiger partial charge in [0, 0.05) is 50.3 Å². The Bertz CT molecular complexity index is 1380. The molecule has 0 aliphatic carbocycles. The van der Waals surface area contributed by atoms with E-state index in [9.17, 15) is 21.9 Å². The van der Waals surface area contributed by atoms with E-state index in [-0.39, 0.29) is 29.7 Å². The van der Waals surface area contributed by atoms with E-state index in [1.807, 2.05) is 6.92 Å². The Labute approximate surface area is 239 Å². The van der Waals surface area contributed by atoms with Gasteiger partial charge >= 0.3 is 0 Å². The molecule has 0 aromatic heterocycles. The minimum Gasteiger partial charge on any atom is -0.491 e. The molecule has 0 radical (unpaired) electrons. The van der Waals surface area contributed by atoms with Crippen LogP contribution in [0.3, 0.4) is 0 Å². The Morgan fingerprint density at radius 3 is 2.54 bits per heavy atom. The molecule has 4 rings (SSSR count). The molecule has 2 N–H and O–H groups in total. The summed E-state index contributed by atoms with van der Waals surface area (Å²) in [6, 6.07) is 11.3. The summed E-state index contributed by atoms with van der Waals surface area (Å²) in [6.45, 7) is 3.42. The molecule has 2 aromatic rings. The lowest BCUT2D eigenvalue weighted by Gasteiger charge is -2.38. The van der Waals surface area contributed by atoms with Gasteiger partial charge < -0.3 is 19.9 Å². The molecule has 2 unspecified atom stereocenters. The van der Waals surface area contributed by atoms with Crippen molar-refractivity contribution in [2.45, 2.75) is 53.7 Å². The summed E-state index contributed by atoms with van der Waals surface area (Å²) >= 11 is 3.42. The zero-order valence-corrected chi connectivity index (χ0v) is 25.6. The molecule has 216 valence electrons. The third kappa shape index (κ3) is 7.02. The summed E-state index contributed by atoms with van der Waals surface area (Å²) < 4.78 is 66.3. The maximum Gasteiger partial charge on any atom is 0.243 e. The van der Waals surface area contributed by atoms with Crippen LogP contribution < -0.4 is 10.1 Å². The van der Waals surface area contributed by atoms with Crippen LogP contribution in [0, 0.1) is 6.92 Å². The molecule has 0 saturated carbocycles. The number of halogens is 1. The van der Waals surface area contributed by atoms with E-state index in [1.165, 1.54) is 30.5 Å². The number of ether oxygens (including phenoxy) is 2. The third-order valence-corrected chi connectivity index (χ3v) is 11.9. The van der Waals surface area contributed by atoms with Crippen molar-refractivity contribution in [2.24, 2.45) is 0 Å². The standard InChI is InChI=1S/C26H36BrN3O7S2/c1-19-13-24(7-8-25(19)27)39(34,35)30-11-9-26(10-12-30)15-20(17-37-26)28-16-21(31)18-36-22-5-4-6-23(14-22)38(32,33)29(2)3/h4-8,13-14,20-21,28,31H,9-12,15-18H2,1-3H3. The van der Waals surface area contributed by atoms with Crippen molar-refractivity contribution in [3.63, 3.8) is 0 Å². The van der Waals surface area contributed by atoms with Gasteiger partial charge in [0.2, 0.25) is 20.0 Å². The molecule has 0 amide bonds. The fourth-order valence-corrected chi connectivity index (χ4v) is 7.58. The Kier molecular flexibility index (Phi) is 9.44. The Morgan fingerprint density at radius 1 is 1.15 bits per heavy atom. The third-order valence-electron chi connectivity index (χ3n) is 7.28. The second kappa shape index (κ2) is 12.1. The maximum atomic E-state index is 13.1. The molecule has 2 atom stereocenters. The average Bonchev–Trinajstić information content (AvgIpc) is 3.30. The summed E-state index contributed by atoms with van der Waals surface area (Å²) in [7, 11) is -4.22. The van der Waals surface area contributed by atoms with Crippen molar-refractivity contribution in [3.05, 3.63) is 52.5 Å². The number of nitrogens with zero attached hydrogens (tertiary/aromatic N) is 2. The van der Waals surface area contributed by atoms with Gasteiger partial charge in [0.1, 0.15) is 18.5 Å². The summed E-state index contributed by atoms with van der Waals surface area (Å²) in [5.74, 6) is 0.361. The maximum absolute atomic E-state index is 13.1. The van der Waals surface area contributed by atoms with Crippen molar-refractivity contribution in [1.29, 1.82) is 0 Å². The van der Waals surface area contributed by atoms with Gasteiger partial charge in [-0.3, -0.25) is 0 Å². The normalized spacial score (nSPS) is 20.9. The van der Waals surface area contributed by atoms with Gasteiger partial charge in [-0.25, -0.2) is 21.1 Å². The van der Waals surface area contributed by atoms with Crippen molar-refractivity contribution in [2.75, 3.05) is 46.9 Å². The molecule has 0 bridgehead atoms. The van der Waals surface area contributed by atoms with Crippen molar-refractivity contribution in [1.82, 2.24) is 13.9 Å².